The maximum atomic E-state index is 6.25. The fraction of sp³-hybridized carbons (Fsp3) is 0.800. The number of hydrogen-bond donors (Lipinski definition) is 0. The van der Waals surface area contributed by atoms with E-state index < -0.39 is 0 Å². The van der Waals surface area contributed by atoms with Crippen LogP contribution in [0.3, 0.4) is 0 Å². The molecule has 0 spiro atoms. The molecule has 12 heavy (non-hydrogen) atoms. The summed E-state index contributed by atoms with van der Waals surface area (Å²) < 4.78 is 0. The second-order valence-corrected chi connectivity index (χ2v) is 0. The molecule has 0 heterocycles. The lowest BCUT2D eigenvalue weighted by atomic mass is 11.9. The smallest absolute Gasteiger partial charge is 0.0776 e. The molecule has 0 rings (SSSR count). The summed E-state index contributed by atoms with van der Waals surface area (Å²) in [4.78, 5) is 0. The molecule has 0 aromatic heterocycles. The van der Waals surface area contributed by atoms with Gasteiger partial charge in [0.1, 0.15) is 0 Å². The van der Waals surface area contributed by atoms with E-state index in [1.807, 2.05) is 0 Å². The third-order valence-electron chi connectivity index (χ3n) is 0. The van der Waals surface area contributed by atoms with Gasteiger partial charge in [-0.05, 0) is 0 Å². The van der Waals surface area contributed by atoms with Gasteiger partial charge in [0.2, 0.25) is 0 Å². The highest BCUT2D eigenvalue weighted by Crippen LogP contribution is 0.629. The Morgan fingerprint density at radius 1 is 0.333 bits per heavy atom. The van der Waals surface area contributed by atoms with E-state index in [1.54, 1.807) is 0 Å². The van der Waals surface area contributed by atoms with E-state index in [9.17, 15) is 0 Å². The Morgan fingerprint density at radius 2 is 0.333 bits per heavy atom. The molecule has 0 fully saturated rings. The number of rotatable bonds is 0. The minimum absolute atomic E-state index is 0. The second kappa shape index (κ2) is 774. The van der Waals surface area contributed by atoms with Gasteiger partial charge in [0, 0.05) is 0 Å². The number of hydrogen-bond acceptors (Lipinski definition) is 2. The normalized spacial score (nSPS) is 0.333. The third-order valence-corrected chi connectivity index (χ3v) is 0. The minimum Gasteiger partial charge on any atom is -0.512 e. The largest absolute Gasteiger partial charge is 0.512 e. The molecule has 0 aliphatic carbocycles. The van der Waals surface area contributed by atoms with E-state index in [0.29, 0.717) is 0 Å². The van der Waals surface area contributed by atoms with E-state index in [1.165, 1.54) is 0 Å². The zero-order chi connectivity index (χ0) is 4.00. The molecule has 0 amide bonds. The number of nitrogens with zero attached hydrogens (tertiary/aromatic N) is 2. The Balaban J connectivity index is -0.000000000500. The third kappa shape index (κ3) is 550. The molecule has 2 nitrogen and oxygen atoms in total. The molecule has 0 N–H and O–H groups in total. The standard InChI is InChI=1S/2CN.8CH4/c2*1-2;;;;;;;;/h;;8*1H4/q2*-1;;;;;;;;. The first-order chi connectivity index (χ1) is 2.00. The molecule has 0 unspecified atom stereocenters. The van der Waals surface area contributed by atoms with Gasteiger partial charge in [0.15, 0.2) is 0 Å². The summed E-state index contributed by atoms with van der Waals surface area (Å²) in [5.74, 6) is 0. The van der Waals surface area contributed by atoms with Crippen LogP contribution < -0.4 is 0 Å². The van der Waals surface area contributed by atoms with Crippen LogP contribution in [0.15, 0.2) is 0 Å². The molecule has 0 aliphatic heterocycles. The van der Waals surface area contributed by atoms with Gasteiger partial charge in [-0.3, -0.25) is 0 Å². The molecule has 0 radical (unpaired) electrons. The summed E-state index contributed by atoms with van der Waals surface area (Å²) >= 11 is 0. The lowest BCUT2D eigenvalue weighted by Gasteiger charge is -1.08. The van der Waals surface area contributed by atoms with Crippen molar-refractivity contribution in [3.05, 3.63) is 13.1 Å². The van der Waals surface area contributed by atoms with E-state index in [0.717, 1.165) is 0 Å². The fourth-order valence-electron chi connectivity index (χ4n) is 0. The minimum atomic E-state index is 0. The lowest BCUT2D eigenvalue weighted by Crippen LogP contribution is -0.530. The summed E-state index contributed by atoms with van der Waals surface area (Å²) in [6.45, 7) is 9.50. The molecule has 0 bridgehead atoms. The maximum Gasteiger partial charge on any atom is -0.0776 e. The van der Waals surface area contributed by atoms with Gasteiger partial charge < -0.3 is 23.7 Å². The van der Waals surface area contributed by atoms with Gasteiger partial charge in [-0.15, -0.1) is 0 Å². The van der Waals surface area contributed by atoms with Crippen molar-refractivity contribution in [2.45, 2.75) is 59.4 Å². The van der Waals surface area contributed by atoms with Gasteiger partial charge in [-0.25, -0.2) is 0 Å². The Morgan fingerprint density at radius 3 is 0.333 bits per heavy atom. The van der Waals surface area contributed by atoms with Crippen LogP contribution in [0.1, 0.15) is 59.4 Å². The van der Waals surface area contributed by atoms with Crippen molar-refractivity contribution in [1.29, 1.82) is 10.5 Å². The first-order valence-electron chi connectivity index (χ1n) is 0.447. The van der Waals surface area contributed by atoms with Crippen LogP contribution in [0.2, 0.25) is 0 Å². The van der Waals surface area contributed by atoms with Crippen LogP contribution in [-0.4, -0.2) is 0 Å². The highest BCUT2D eigenvalue weighted by atomic mass is 14.2. The first-order valence-corrected chi connectivity index (χ1v) is 0.447. The Bertz CT molecular complexity index is 23.3. The summed E-state index contributed by atoms with van der Waals surface area (Å²) in [7, 11) is 0. The van der Waals surface area contributed by atoms with Crippen LogP contribution in [0.4, 0.5) is 0 Å². The van der Waals surface area contributed by atoms with Crippen LogP contribution in [0.5, 0.6) is 0 Å². The van der Waals surface area contributed by atoms with Crippen molar-refractivity contribution in [2.24, 2.45) is 0 Å². The van der Waals surface area contributed by atoms with Crippen LogP contribution >= 0.6 is 0 Å². The molecule has 0 aromatic rings. The molecule has 0 atom stereocenters. The molecule has 0 saturated heterocycles. The summed E-state index contributed by atoms with van der Waals surface area (Å²) in [6, 6.07) is 0. The highest BCUT2D eigenvalue weighted by molar-refractivity contribution is 3.44. The fourth-order valence-corrected chi connectivity index (χ4v) is 0. The van der Waals surface area contributed by atoms with Crippen LogP contribution in [0.25, 0.3) is 0 Å². The quantitative estimate of drug-likeness (QED) is 0.476. The topological polar surface area (TPSA) is 47.6 Å². The van der Waals surface area contributed by atoms with E-state index in [2.05, 4.69) is 0 Å². The van der Waals surface area contributed by atoms with Gasteiger partial charge in [-0.1, -0.05) is 59.4 Å². The molecule has 0 saturated carbocycles. The molecule has 0 aliphatic rings. The van der Waals surface area contributed by atoms with Crippen molar-refractivity contribution in [3.8, 4) is 0 Å². The van der Waals surface area contributed by atoms with Crippen molar-refractivity contribution in [2.75, 3.05) is 0 Å². The van der Waals surface area contributed by atoms with Crippen molar-refractivity contribution in [3.63, 3.8) is 0 Å². The predicted molar refractivity (Wildman–Crippen MR) is 63.8 cm³/mol. The van der Waals surface area contributed by atoms with Gasteiger partial charge in [-0.2, -0.15) is 0 Å². The van der Waals surface area contributed by atoms with Crippen molar-refractivity contribution >= 4 is 0 Å². The average molecular weight is 180 g/mol. The SMILES string of the molecule is C.C.C.C.C.C.C.C.[C-]#N.[C-]#N. The van der Waals surface area contributed by atoms with Crippen molar-refractivity contribution in [1.82, 2.24) is 0 Å². The Kier molecular flexibility index (Phi) is 73400. The highest BCUT2D eigenvalue weighted by Gasteiger charge is 0.0797. The first kappa shape index (κ1) is 1140. The molecule has 2 heteroatoms. The van der Waals surface area contributed by atoms with Gasteiger partial charge in [0.05, 0.1) is 0 Å². The maximum absolute atomic E-state index is 6.25. The van der Waals surface area contributed by atoms with E-state index in [-0.39, 0.29) is 59.4 Å². The van der Waals surface area contributed by atoms with E-state index >= 15 is 0 Å². The predicted octanol–water partition coefficient (Wildman–Crippen LogP) is 5.28. The molecular formula is C10H32N2-2. The van der Waals surface area contributed by atoms with Crippen molar-refractivity contribution < 1.29 is 0 Å². The summed E-state index contributed by atoms with van der Waals surface area (Å²) in [5.41, 5.74) is 0. The van der Waals surface area contributed by atoms with E-state index in [4.69, 9.17) is 23.7 Å². The van der Waals surface area contributed by atoms with Crippen LogP contribution in [0, 0.1) is 23.7 Å². The zero-order valence-electron chi connectivity index (χ0n) is 1.89. The zero-order valence-corrected chi connectivity index (χ0v) is 1.89. The van der Waals surface area contributed by atoms with Crippen LogP contribution in [-0.2, 0) is 0 Å². The molecular weight excluding hydrogens is 148 g/mol. The summed E-state index contributed by atoms with van der Waals surface area (Å²) in [5, 5.41) is 12.5. The molecule has 0 aromatic carbocycles. The lowest BCUT2D eigenvalue weighted by molar-refractivity contribution is 1.53. The Labute approximate surface area is 83.9 Å². The molecule has 84 valence electrons. The van der Waals surface area contributed by atoms with Gasteiger partial charge in [0.25, 0.3) is 0 Å². The second-order valence-electron chi connectivity index (χ2n) is 0. The average Bonchev–Trinajstić information content (AvgIpc) is 1.50. The monoisotopic (exact) mass is 180 g/mol. The summed E-state index contributed by atoms with van der Waals surface area (Å²) in [6.07, 6.45) is 0. The Hall–Kier alpha value is -1.02. The van der Waals surface area contributed by atoms with Gasteiger partial charge >= 0.3 is 0 Å².